The molecule has 0 heterocycles. The maximum Gasteiger partial charge on any atom is 0.00472 e. The van der Waals surface area contributed by atoms with Gasteiger partial charge in [0.15, 0.2) is 0 Å². The lowest BCUT2D eigenvalue weighted by Crippen LogP contribution is -2.44. The van der Waals surface area contributed by atoms with Crippen LogP contribution in [0.1, 0.15) is 65.2 Å². The largest absolute Gasteiger partial charge is 0.314 e. The summed E-state index contributed by atoms with van der Waals surface area (Å²) in [5.41, 5.74) is 0.566. The highest BCUT2D eigenvalue weighted by molar-refractivity contribution is 4.93. The molecule has 0 radical (unpaired) electrons. The first kappa shape index (κ1) is 15.8. The van der Waals surface area contributed by atoms with E-state index in [1.807, 2.05) is 0 Å². The second-order valence-electron chi connectivity index (χ2n) is 8.87. The molecule has 3 atom stereocenters. The van der Waals surface area contributed by atoms with Crippen molar-refractivity contribution in [1.29, 1.82) is 0 Å². The van der Waals surface area contributed by atoms with Crippen molar-refractivity contribution in [1.82, 2.24) is 10.2 Å². The third-order valence-electron chi connectivity index (χ3n) is 6.59. The molecule has 21 heavy (non-hydrogen) atoms. The van der Waals surface area contributed by atoms with Gasteiger partial charge in [0.1, 0.15) is 0 Å². The number of fused-ring (bicyclic) bond motifs is 2. The second-order valence-corrected chi connectivity index (χ2v) is 8.87. The van der Waals surface area contributed by atoms with E-state index in [1.54, 1.807) is 6.42 Å². The average molecular weight is 293 g/mol. The van der Waals surface area contributed by atoms with Crippen LogP contribution in [0.2, 0.25) is 0 Å². The lowest BCUT2D eigenvalue weighted by atomic mass is 9.84. The molecule has 0 aromatic rings. The summed E-state index contributed by atoms with van der Waals surface area (Å²) in [6, 6.07) is 0.623. The van der Waals surface area contributed by atoms with Crippen molar-refractivity contribution in [3.05, 3.63) is 0 Å². The summed E-state index contributed by atoms with van der Waals surface area (Å²) in [5, 5.41) is 3.73. The smallest absolute Gasteiger partial charge is 0.00472 e. The maximum absolute atomic E-state index is 3.73. The predicted octanol–water partition coefficient (Wildman–Crippen LogP) is 3.91. The zero-order chi connectivity index (χ0) is 14.9. The summed E-state index contributed by atoms with van der Waals surface area (Å²) in [7, 11) is 2.39. The second kappa shape index (κ2) is 6.58. The molecule has 2 heteroatoms. The van der Waals surface area contributed by atoms with Gasteiger partial charge in [0, 0.05) is 25.7 Å². The zero-order valence-corrected chi connectivity index (χ0v) is 14.5. The van der Waals surface area contributed by atoms with E-state index in [9.17, 15) is 0 Å². The van der Waals surface area contributed by atoms with E-state index in [1.165, 1.54) is 64.6 Å². The fraction of sp³-hybridized carbons (Fsp3) is 1.00. The minimum absolute atomic E-state index is 0.566. The number of hydrogen-bond donors (Lipinski definition) is 1. The SMILES string of the molecule is CC(C)NCC1(CN(C)CC2CC3CCC2C3)CCCC1. The lowest BCUT2D eigenvalue weighted by Gasteiger charge is -2.36. The van der Waals surface area contributed by atoms with Crippen LogP contribution in [0, 0.1) is 23.2 Å². The van der Waals surface area contributed by atoms with Gasteiger partial charge in [0.25, 0.3) is 0 Å². The first-order valence-corrected chi connectivity index (χ1v) is 9.48. The summed E-state index contributed by atoms with van der Waals surface area (Å²) in [4.78, 5) is 2.69. The first-order chi connectivity index (χ1) is 10.1. The predicted molar refractivity (Wildman–Crippen MR) is 90.5 cm³/mol. The quantitative estimate of drug-likeness (QED) is 0.765. The molecule has 0 aromatic heterocycles. The van der Waals surface area contributed by atoms with Gasteiger partial charge < -0.3 is 10.2 Å². The van der Waals surface area contributed by atoms with E-state index in [-0.39, 0.29) is 0 Å². The highest BCUT2D eigenvalue weighted by Gasteiger charge is 2.41. The summed E-state index contributed by atoms with van der Waals surface area (Å²) in [5.74, 6) is 3.19. The molecule has 3 saturated carbocycles. The van der Waals surface area contributed by atoms with Gasteiger partial charge in [0.05, 0.1) is 0 Å². The number of nitrogens with one attached hydrogen (secondary N) is 1. The van der Waals surface area contributed by atoms with Crippen LogP contribution in [0.15, 0.2) is 0 Å². The van der Waals surface area contributed by atoms with E-state index in [0.717, 1.165) is 17.8 Å². The molecule has 2 bridgehead atoms. The van der Waals surface area contributed by atoms with Gasteiger partial charge in [-0.15, -0.1) is 0 Å². The molecule has 3 aliphatic rings. The Morgan fingerprint density at radius 3 is 2.48 bits per heavy atom. The number of nitrogens with zero attached hydrogens (tertiary/aromatic N) is 1. The molecular formula is C19H36N2. The van der Waals surface area contributed by atoms with Crippen molar-refractivity contribution < 1.29 is 0 Å². The van der Waals surface area contributed by atoms with Crippen LogP contribution in [0.4, 0.5) is 0 Å². The van der Waals surface area contributed by atoms with Crippen LogP contribution in [-0.2, 0) is 0 Å². The van der Waals surface area contributed by atoms with Gasteiger partial charge in [-0.1, -0.05) is 33.1 Å². The highest BCUT2D eigenvalue weighted by Crippen LogP contribution is 2.48. The Hall–Kier alpha value is -0.0800. The van der Waals surface area contributed by atoms with Gasteiger partial charge in [-0.3, -0.25) is 0 Å². The van der Waals surface area contributed by atoms with Crippen LogP contribution in [0.25, 0.3) is 0 Å². The minimum atomic E-state index is 0.566. The summed E-state index contributed by atoms with van der Waals surface area (Å²) < 4.78 is 0. The van der Waals surface area contributed by atoms with Crippen molar-refractivity contribution in [2.45, 2.75) is 71.3 Å². The molecule has 0 amide bonds. The molecule has 2 nitrogen and oxygen atoms in total. The number of hydrogen-bond acceptors (Lipinski definition) is 2. The zero-order valence-electron chi connectivity index (χ0n) is 14.5. The standard InChI is InChI=1S/C19H36N2/c1-15(2)20-13-19(8-4-5-9-19)14-21(3)12-18-11-16-6-7-17(18)10-16/h15-18,20H,4-14H2,1-3H3. The molecular weight excluding hydrogens is 256 g/mol. The molecule has 0 saturated heterocycles. The van der Waals surface area contributed by atoms with E-state index in [2.05, 4.69) is 31.1 Å². The molecule has 3 rings (SSSR count). The molecule has 0 aromatic carbocycles. The first-order valence-electron chi connectivity index (χ1n) is 9.48. The van der Waals surface area contributed by atoms with Crippen LogP contribution in [-0.4, -0.2) is 37.6 Å². The van der Waals surface area contributed by atoms with Crippen molar-refractivity contribution in [2.75, 3.05) is 26.7 Å². The van der Waals surface area contributed by atoms with Gasteiger partial charge >= 0.3 is 0 Å². The van der Waals surface area contributed by atoms with Gasteiger partial charge in [-0.2, -0.15) is 0 Å². The molecule has 1 N–H and O–H groups in total. The Kier molecular flexibility index (Phi) is 4.95. The Balaban J connectivity index is 1.50. The highest BCUT2D eigenvalue weighted by atomic mass is 15.1. The topological polar surface area (TPSA) is 15.3 Å². The van der Waals surface area contributed by atoms with Crippen LogP contribution < -0.4 is 5.32 Å². The Labute approximate surface area is 132 Å². The third kappa shape index (κ3) is 3.82. The molecule has 3 fully saturated rings. The van der Waals surface area contributed by atoms with Gasteiger partial charge in [0.2, 0.25) is 0 Å². The van der Waals surface area contributed by atoms with Crippen molar-refractivity contribution >= 4 is 0 Å². The van der Waals surface area contributed by atoms with Gasteiger partial charge in [-0.25, -0.2) is 0 Å². The normalized spacial score (nSPS) is 34.4. The third-order valence-corrected chi connectivity index (χ3v) is 6.59. The molecule has 0 aliphatic heterocycles. The molecule has 122 valence electrons. The summed E-state index contributed by atoms with van der Waals surface area (Å²) >= 11 is 0. The molecule has 3 aliphatic carbocycles. The average Bonchev–Trinajstić information content (AvgIpc) is 3.13. The summed E-state index contributed by atoms with van der Waals surface area (Å²) in [6.07, 6.45) is 11.9. The maximum atomic E-state index is 3.73. The van der Waals surface area contributed by atoms with Crippen LogP contribution in [0.3, 0.4) is 0 Å². The Morgan fingerprint density at radius 2 is 1.90 bits per heavy atom. The van der Waals surface area contributed by atoms with E-state index in [0.29, 0.717) is 11.5 Å². The summed E-state index contributed by atoms with van der Waals surface area (Å²) in [6.45, 7) is 8.47. The van der Waals surface area contributed by atoms with Crippen LogP contribution in [0.5, 0.6) is 0 Å². The Morgan fingerprint density at radius 1 is 1.14 bits per heavy atom. The lowest BCUT2D eigenvalue weighted by molar-refractivity contribution is 0.138. The van der Waals surface area contributed by atoms with Crippen molar-refractivity contribution in [3.63, 3.8) is 0 Å². The fourth-order valence-corrected chi connectivity index (χ4v) is 5.57. The Bertz CT molecular complexity index is 332. The van der Waals surface area contributed by atoms with Crippen molar-refractivity contribution in [2.24, 2.45) is 23.2 Å². The van der Waals surface area contributed by atoms with Gasteiger partial charge in [-0.05, 0) is 62.3 Å². The van der Waals surface area contributed by atoms with E-state index < -0.39 is 0 Å². The number of rotatable bonds is 7. The van der Waals surface area contributed by atoms with Crippen LogP contribution >= 0.6 is 0 Å². The minimum Gasteiger partial charge on any atom is -0.314 e. The van der Waals surface area contributed by atoms with E-state index >= 15 is 0 Å². The monoisotopic (exact) mass is 292 g/mol. The fourth-order valence-electron chi connectivity index (χ4n) is 5.57. The molecule has 3 unspecified atom stereocenters. The van der Waals surface area contributed by atoms with Crippen molar-refractivity contribution in [3.8, 4) is 0 Å². The molecule has 0 spiro atoms. The van der Waals surface area contributed by atoms with E-state index in [4.69, 9.17) is 0 Å².